The van der Waals surface area contributed by atoms with Gasteiger partial charge in [0.25, 0.3) is 0 Å². The molecule has 26 heavy (non-hydrogen) atoms. The highest BCUT2D eigenvalue weighted by molar-refractivity contribution is 5.84. The van der Waals surface area contributed by atoms with Gasteiger partial charge in [-0.3, -0.25) is 4.68 Å². The van der Waals surface area contributed by atoms with Crippen molar-refractivity contribution in [2.45, 2.75) is 25.8 Å². The van der Waals surface area contributed by atoms with Crippen molar-refractivity contribution >= 4 is 22.5 Å². The highest BCUT2D eigenvalue weighted by atomic mass is 16.5. The van der Waals surface area contributed by atoms with Crippen molar-refractivity contribution < 1.29 is 4.74 Å². The molecule has 4 rings (SSSR count). The van der Waals surface area contributed by atoms with E-state index < -0.39 is 0 Å². The maximum atomic E-state index is 5.40. The number of rotatable bonds is 5. The number of benzene rings is 1. The van der Waals surface area contributed by atoms with Crippen molar-refractivity contribution in [3.63, 3.8) is 0 Å². The summed E-state index contributed by atoms with van der Waals surface area (Å²) < 4.78 is 7.46. The fourth-order valence-corrected chi connectivity index (χ4v) is 3.49. The zero-order chi connectivity index (χ0) is 17.9. The number of anilines is 2. The highest BCUT2D eigenvalue weighted by Gasteiger charge is 2.20. The number of hydrogen-bond acceptors (Lipinski definition) is 6. The fourth-order valence-electron chi connectivity index (χ4n) is 3.49. The second-order valence-electron chi connectivity index (χ2n) is 6.59. The van der Waals surface area contributed by atoms with Crippen molar-refractivity contribution in [3.05, 3.63) is 36.8 Å². The van der Waals surface area contributed by atoms with E-state index in [1.54, 1.807) is 13.3 Å². The van der Waals surface area contributed by atoms with Gasteiger partial charge in [-0.15, -0.1) is 0 Å². The van der Waals surface area contributed by atoms with Gasteiger partial charge >= 0.3 is 0 Å². The topological polar surface area (TPSA) is 68.1 Å². The molecule has 0 spiro atoms. The zero-order valence-corrected chi connectivity index (χ0v) is 15.2. The number of likely N-dealkylation sites (tertiary alicyclic amines) is 1. The van der Waals surface area contributed by atoms with Gasteiger partial charge in [-0.2, -0.15) is 5.10 Å². The monoisotopic (exact) mass is 352 g/mol. The number of nitrogens with zero attached hydrogens (tertiary/aromatic N) is 5. The first kappa shape index (κ1) is 16.8. The second kappa shape index (κ2) is 7.29. The van der Waals surface area contributed by atoms with E-state index in [0.717, 1.165) is 54.8 Å². The fraction of sp³-hybridized carbons (Fsp3) is 0.421. The summed E-state index contributed by atoms with van der Waals surface area (Å²) in [7, 11) is 1.65. The van der Waals surface area contributed by atoms with Crippen LogP contribution in [-0.4, -0.2) is 51.4 Å². The molecule has 0 unspecified atom stereocenters. The third-order valence-corrected chi connectivity index (χ3v) is 5.03. The largest absolute Gasteiger partial charge is 0.494 e. The van der Waals surface area contributed by atoms with Crippen LogP contribution in [0.2, 0.25) is 0 Å². The molecule has 1 fully saturated rings. The second-order valence-corrected chi connectivity index (χ2v) is 6.59. The average Bonchev–Trinajstić information content (AvgIpc) is 3.16. The third kappa shape index (κ3) is 3.35. The number of piperidine rings is 1. The van der Waals surface area contributed by atoms with E-state index in [2.05, 4.69) is 36.9 Å². The van der Waals surface area contributed by atoms with Gasteiger partial charge < -0.3 is 15.0 Å². The van der Waals surface area contributed by atoms with Gasteiger partial charge in [0.1, 0.15) is 11.3 Å². The van der Waals surface area contributed by atoms with Crippen LogP contribution in [0.4, 0.5) is 11.6 Å². The molecular weight excluding hydrogens is 328 g/mol. The molecular formula is C19H24N6O. The Morgan fingerprint density at radius 3 is 2.85 bits per heavy atom. The molecule has 7 nitrogen and oxygen atoms in total. The first-order valence-electron chi connectivity index (χ1n) is 9.10. The third-order valence-electron chi connectivity index (χ3n) is 5.03. The molecule has 3 heterocycles. The standard InChI is InChI=1S/C19H24N6O/c1-3-24-9-7-16(8-10-24)25-13-15(12-21-25)22-19-20-11-14-5-4-6-17(26-2)18(14)23-19/h4-6,11-13,16H,3,7-10H2,1-2H3,(H,20,22,23). The van der Waals surface area contributed by atoms with Crippen molar-refractivity contribution in [2.24, 2.45) is 0 Å². The summed E-state index contributed by atoms with van der Waals surface area (Å²) in [6.07, 6.45) is 7.96. The van der Waals surface area contributed by atoms with Crippen LogP contribution in [0.15, 0.2) is 36.8 Å². The van der Waals surface area contributed by atoms with Crippen LogP contribution in [0.25, 0.3) is 10.9 Å². The van der Waals surface area contributed by atoms with E-state index in [-0.39, 0.29) is 0 Å². The Balaban J connectivity index is 1.50. The lowest BCUT2D eigenvalue weighted by Crippen LogP contribution is -2.34. The van der Waals surface area contributed by atoms with Crippen LogP contribution >= 0.6 is 0 Å². The Labute approximate surface area is 153 Å². The van der Waals surface area contributed by atoms with Gasteiger partial charge in [-0.1, -0.05) is 19.1 Å². The summed E-state index contributed by atoms with van der Waals surface area (Å²) in [5, 5.41) is 8.75. The minimum atomic E-state index is 0.464. The summed E-state index contributed by atoms with van der Waals surface area (Å²) in [5.41, 5.74) is 1.70. The first-order chi connectivity index (χ1) is 12.8. The van der Waals surface area contributed by atoms with Crippen molar-refractivity contribution in [1.82, 2.24) is 24.6 Å². The van der Waals surface area contributed by atoms with Crippen LogP contribution in [0.1, 0.15) is 25.8 Å². The lowest BCUT2D eigenvalue weighted by Gasteiger charge is -2.31. The van der Waals surface area contributed by atoms with Gasteiger partial charge in [-0.25, -0.2) is 9.97 Å². The van der Waals surface area contributed by atoms with Crippen LogP contribution in [0, 0.1) is 0 Å². The smallest absolute Gasteiger partial charge is 0.227 e. The molecule has 0 saturated carbocycles. The molecule has 0 radical (unpaired) electrons. The number of methoxy groups -OCH3 is 1. The molecule has 1 saturated heterocycles. The molecule has 1 aliphatic rings. The Bertz CT molecular complexity index is 885. The van der Waals surface area contributed by atoms with E-state index in [1.807, 2.05) is 30.6 Å². The van der Waals surface area contributed by atoms with Gasteiger partial charge in [0.2, 0.25) is 5.95 Å². The minimum absolute atomic E-state index is 0.464. The maximum absolute atomic E-state index is 5.40. The summed E-state index contributed by atoms with van der Waals surface area (Å²) in [4.78, 5) is 11.5. The maximum Gasteiger partial charge on any atom is 0.227 e. The molecule has 136 valence electrons. The van der Waals surface area contributed by atoms with E-state index in [0.29, 0.717) is 12.0 Å². The van der Waals surface area contributed by atoms with Gasteiger partial charge in [0, 0.05) is 30.9 Å². The molecule has 1 aliphatic heterocycles. The molecule has 0 aliphatic carbocycles. The lowest BCUT2D eigenvalue weighted by molar-refractivity contribution is 0.187. The molecule has 0 bridgehead atoms. The highest BCUT2D eigenvalue weighted by Crippen LogP contribution is 2.26. The number of nitrogens with one attached hydrogen (secondary N) is 1. The molecule has 0 amide bonds. The summed E-state index contributed by atoms with van der Waals surface area (Å²) in [5.74, 6) is 1.29. The van der Waals surface area contributed by atoms with Gasteiger partial charge in [-0.05, 0) is 25.5 Å². The predicted molar refractivity (Wildman–Crippen MR) is 102 cm³/mol. The van der Waals surface area contributed by atoms with Crippen molar-refractivity contribution in [3.8, 4) is 5.75 Å². The van der Waals surface area contributed by atoms with E-state index in [4.69, 9.17) is 4.74 Å². The molecule has 3 aromatic rings. The molecule has 1 N–H and O–H groups in total. The molecule has 2 aromatic heterocycles. The quantitative estimate of drug-likeness (QED) is 0.760. The minimum Gasteiger partial charge on any atom is -0.494 e. The van der Waals surface area contributed by atoms with Crippen LogP contribution in [0.3, 0.4) is 0 Å². The summed E-state index contributed by atoms with van der Waals surface area (Å²) in [6, 6.07) is 6.28. The Hall–Kier alpha value is -2.67. The van der Waals surface area contributed by atoms with Gasteiger partial charge in [0.15, 0.2) is 0 Å². The Kier molecular flexibility index (Phi) is 4.71. The summed E-state index contributed by atoms with van der Waals surface area (Å²) in [6.45, 7) is 5.62. The van der Waals surface area contributed by atoms with Crippen molar-refractivity contribution in [2.75, 3.05) is 32.1 Å². The number of fused-ring (bicyclic) bond motifs is 1. The van der Waals surface area contributed by atoms with E-state index in [1.165, 1.54) is 0 Å². The molecule has 7 heteroatoms. The van der Waals surface area contributed by atoms with Crippen LogP contribution in [-0.2, 0) is 0 Å². The SMILES string of the molecule is CCN1CCC(n2cc(Nc3ncc4cccc(OC)c4n3)cn2)CC1. The Morgan fingerprint density at radius 2 is 2.08 bits per heavy atom. The number of ether oxygens (including phenoxy) is 1. The zero-order valence-electron chi connectivity index (χ0n) is 15.2. The number of hydrogen-bond donors (Lipinski definition) is 1. The normalized spacial score (nSPS) is 16.1. The summed E-state index contributed by atoms with van der Waals surface area (Å²) >= 11 is 0. The predicted octanol–water partition coefficient (Wildman–Crippen LogP) is 3.24. The first-order valence-corrected chi connectivity index (χ1v) is 9.10. The van der Waals surface area contributed by atoms with Crippen LogP contribution < -0.4 is 10.1 Å². The average molecular weight is 352 g/mol. The van der Waals surface area contributed by atoms with E-state index in [9.17, 15) is 0 Å². The van der Waals surface area contributed by atoms with Gasteiger partial charge in [0.05, 0.1) is 25.0 Å². The van der Waals surface area contributed by atoms with Crippen LogP contribution in [0.5, 0.6) is 5.75 Å². The Morgan fingerprint density at radius 1 is 1.23 bits per heavy atom. The number of para-hydroxylation sites is 1. The number of aromatic nitrogens is 4. The molecule has 0 atom stereocenters. The lowest BCUT2D eigenvalue weighted by atomic mass is 10.1. The molecule has 1 aromatic carbocycles. The van der Waals surface area contributed by atoms with Crippen molar-refractivity contribution in [1.29, 1.82) is 0 Å². The van der Waals surface area contributed by atoms with E-state index >= 15 is 0 Å².